The van der Waals surface area contributed by atoms with Crippen LogP contribution in [0.2, 0.25) is 0 Å². The fourth-order valence-corrected chi connectivity index (χ4v) is 3.13. The first-order valence-electron chi connectivity index (χ1n) is 9.04. The molecule has 0 saturated heterocycles. The molecule has 0 atom stereocenters. The van der Waals surface area contributed by atoms with Crippen molar-refractivity contribution in [3.63, 3.8) is 0 Å². The molecule has 0 spiro atoms. The molecule has 3 aromatic carbocycles. The van der Waals surface area contributed by atoms with E-state index >= 15 is 0 Å². The maximum absolute atomic E-state index is 2.25. The number of hydrogen-bond donors (Lipinski definition) is 0. The van der Waals surface area contributed by atoms with Crippen molar-refractivity contribution in [1.82, 2.24) is 0 Å². The number of anilines is 2. The molecule has 0 radical (unpaired) electrons. The van der Waals surface area contributed by atoms with Gasteiger partial charge in [-0.3, -0.25) is 0 Å². The summed E-state index contributed by atoms with van der Waals surface area (Å²) < 4.78 is 0. The van der Waals surface area contributed by atoms with Gasteiger partial charge in [-0.2, -0.15) is 0 Å². The Hall–Kier alpha value is -2.54. The molecular weight excluding hydrogens is 302 g/mol. The van der Waals surface area contributed by atoms with Crippen molar-refractivity contribution < 1.29 is 0 Å². The van der Waals surface area contributed by atoms with Gasteiger partial charge in [0.25, 0.3) is 0 Å². The molecule has 1 heteroatoms. The monoisotopic (exact) mass is 331 g/mol. The number of rotatable bonds is 3. The molecule has 0 aliphatic heterocycles. The number of para-hydroxylation sites is 1. The van der Waals surface area contributed by atoms with Crippen molar-refractivity contribution in [2.75, 3.05) is 11.9 Å². The van der Waals surface area contributed by atoms with Crippen molar-refractivity contribution in [2.24, 2.45) is 0 Å². The molecule has 130 valence electrons. The molecule has 0 aliphatic carbocycles. The number of benzene rings is 3. The molecule has 0 bridgehead atoms. The van der Waals surface area contributed by atoms with Crippen molar-refractivity contribution >= 4 is 11.4 Å². The fraction of sp³-hybridized carbons (Fsp3) is 0.250. The van der Waals surface area contributed by atoms with Crippen LogP contribution < -0.4 is 4.90 Å². The summed E-state index contributed by atoms with van der Waals surface area (Å²) in [5, 5.41) is 0. The molecule has 0 unspecified atom stereocenters. The molecule has 0 fully saturated rings. The van der Waals surface area contributed by atoms with Gasteiger partial charge in [0.1, 0.15) is 0 Å². The molecule has 1 nitrogen and oxygen atoms in total. The van der Waals surface area contributed by atoms with E-state index in [2.05, 4.69) is 99.4 Å². The van der Waals surface area contributed by atoms with Crippen LogP contribution in [0, 0.1) is 20.8 Å². The molecule has 0 N–H and O–H groups in total. The number of hydrogen-bond acceptors (Lipinski definition) is 1. The van der Waals surface area contributed by atoms with Gasteiger partial charge >= 0.3 is 0 Å². The molecule has 3 rings (SSSR count). The first-order chi connectivity index (χ1) is 12.1. The quantitative estimate of drug-likeness (QED) is 0.496. The number of nitrogens with zero attached hydrogens (tertiary/aromatic N) is 1. The molecular formula is C24H29N. The first kappa shape index (κ1) is 18.8. The predicted molar refractivity (Wildman–Crippen MR) is 112 cm³/mol. The van der Waals surface area contributed by atoms with Crippen LogP contribution in [0.15, 0.2) is 66.7 Å². The third-order valence-corrected chi connectivity index (χ3v) is 4.70. The molecule has 0 amide bonds. The average molecular weight is 332 g/mol. The van der Waals surface area contributed by atoms with Crippen LogP contribution in [0.3, 0.4) is 0 Å². The van der Waals surface area contributed by atoms with E-state index in [1.807, 2.05) is 13.8 Å². The summed E-state index contributed by atoms with van der Waals surface area (Å²) in [4.78, 5) is 2.25. The lowest BCUT2D eigenvalue weighted by Crippen LogP contribution is -2.11. The molecule has 0 saturated carbocycles. The van der Waals surface area contributed by atoms with E-state index in [0.717, 1.165) is 0 Å². The lowest BCUT2D eigenvalue weighted by atomic mass is 9.93. The van der Waals surface area contributed by atoms with Crippen molar-refractivity contribution in [3.8, 4) is 11.1 Å². The average Bonchev–Trinajstić information content (AvgIpc) is 2.66. The van der Waals surface area contributed by atoms with Crippen LogP contribution in [0.1, 0.15) is 30.5 Å². The standard InChI is InChI=1S/C22H23N.C2H6/c1-16-10-8-9-13-20(16)21-14-15-22(18(3)17(21)2)23(4)19-11-6-5-7-12-19;1-2/h5-15H,1-4H3;1-2H3. The smallest absolute Gasteiger partial charge is 0.0440 e. The molecule has 0 aromatic heterocycles. The highest BCUT2D eigenvalue weighted by atomic mass is 15.1. The van der Waals surface area contributed by atoms with Crippen molar-refractivity contribution in [3.05, 3.63) is 83.4 Å². The molecule has 25 heavy (non-hydrogen) atoms. The molecule has 3 aromatic rings. The summed E-state index contributed by atoms with van der Waals surface area (Å²) in [6.07, 6.45) is 0. The Kier molecular flexibility index (Phi) is 6.41. The third-order valence-electron chi connectivity index (χ3n) is 4.70. The highest BCUT2D eigenvalue weighted by Gasteiger charge is 2.13. The Bertz CT molecular complexity index is 819. The highest BCUT2D eigenvalue weighted by Crippen LogP contribution is 2.35. The second-order valence-corrected chi connectivity index (χ2v) is 6.09. The van der Waals surface area contributed by atoms with Gasteiger partial charge in [-0.1, -0.05) is 62.4 Å². The Morgan fingerprint density at radius 2 is 1.20 bits per heavy atom. The topological polar surface area (TPSA) is 3.24 Å². The summed E-state index contributed by atoms with van der Waals surface area (Å²) in [6, 6.07) is 23.6. The van der Waals surface area contributed by atoms with E-state index in [0.29, 0.717) is 0 Å². The highest BCUT2D eigenvalue weighted by molar-refractivity contribution is 5.77. The minimum absolute atomic E-state index is 1.21. The van der Waals surface area contributed by atoms with E-state index in [-0.39, 0.29) is 0 Å². The minimum atomic E-state index is 1.21. The predicted octanol–water partition coefficient (Wildman–Crippen LogP) is 7.07. The van der Waals surface area contributed by atoms with Gasteiger partial charge in [0.2, 0.25) is 0 Å². The van der Waals surface area contributed by atoms with Crippen LogP contribution in [0.5, 0.6) is 0 Å². The maximum atomic E-state index is 2.25. The van der Waals surface area contributed by atoms with E-state index in [1.165, 1.54) is 39.2 Å². The largest absolute Gasteiger partial charge is 0.344 e. The summed E-state index contributed by atoms with van der Waals surface area (Å²) in [7, 11) is 2.13. The summed E-state index contributed by atoms with van der Waals surface area (Å²) >= 11 is 0. The van der Waals surface area contributed by atoms with Crippen LogP contribution in [-0.4, -0.2) is 7.05 Å². The van der Waals surface area contributed by atoms with Gasteiger partial charge in [-0.15, -0.1) is 0 Å². The molecule has 0 heterocycles. The zero-order chi connectivity index (χ0) is 18.4. The van der Waals surface area contributed by atoms with E-state index in [1.54, 1.807) is 0 Å². The first-order valence-corrected chi connectivity index (χ1v) is 9.04. The van der Waals surface area contributed by atoms with Crippen molar-refractivity contribution in [1.29, 1.82) is 0 Å². The van der Waals surface area contributed by atoms with Gasteiger partial charge in [0, 0.05) is 18.4 Å². The Morgan fingerprint density at radius 3 is 1.84 bits per heavy atom. The fourth-order valence-electron chi connectivity index (χ4n) is 3.13. The Labute approximate surface area is 153 Å². The number of aryl methyl sites for hydroxylation is 1. The van der Waals surface area contributed by atoms with E-state index in [9.17, 15) is 0 Å². The molecule has 0 aliphatic rings. The maximum Gasteiger partial charge on any atom is 0.0440 e. The Morgan fingerprint density at radius 1 is 0.600 bits per heavy atom. The van der Waals surface area contributed by atoms with Gasteiger partial charge in [-0.05, 0) is 66.8 Å². The van der Waals surface area contributed by atoms with Crippen LogP contribution in [0.4, 0.5) is 11.4 Å². The summed E-state index contributed by atoms with van der Waals surface area (Å²) in [6.45, 7) is 10.6. The van der Waals surface area contributed by atoms with Gasteiger partial charge < -0.3 is 4.90 Å². The van der Waals surface area contributed by atoms with Crippen molar-refractivity contribution in [2.45, 2.75) is 34.6 Å². The zero-order valence-electron chi connectivity index (χ0n) is 16.3. The minimum Gasteiger partial charge on any atom is -0.344 e. The third kappa shape index (κ3) is 3.93. The second-order valence-electron chi connectivity index (χ2n) is 6.09. The lowest BCUT2D eigenvalue weighted by Gasteiger charge is -2.24. The second kappa shape index (κ2) is 8.53. The normalized spacial score (nSPS) is 10.0. The SMILES string of the molecule is CC.Cc1ccccc1-c1ccc(N(C)c2ccccc2)c(C)c1C. The zero-order valence-corrected chi connectivity index (χ0v) is 16.3. The van der Waals surface area contributed by atoms with Crippen LogP contribution >= 0.6 is 0 Å². The summed E-state index contributed by atoms with van der Waals surface area (Å²) in [5.74, 6) is 0. The van der Waals surface area contributed by atoms with Gasteiger partial charge in [-0.25, -0.2) is 0 Å². The van der Waals surface area contributed by atoms with Crippen LogP contribution in [-0.2, 0) is 0 Å². The van der Waals surface area contributed by atoms with Crippen LogP contribution in [0.25, 0.3) is 11.1 Å². The van der Waals surface area contributed by atoms with E-state index in [4.69, 9.17) is 0 Å². The van der Waals surface area contributed by atoms with Gasteiger partial charge in [0.15, 0.2) is 0 Å². The summed E-state index contributed by atoms with van der Waals surface area (Å²) in [5.41, 5.74) is 9.10. The van der Waals surface area contributed by atoms with Gasteiger partial charge in [0.05, 0.1) is 0 Å². The Balaban J connectivity index is 0.00000109. The lowest BCUT2D eigenvalue weighted by molar-refractivity contribution is 1.17. The van der Waals surface area contributed by atoms with E-state index < -0.39 is 0 Å².